The molecule has 7 heteroatoms. The van der Waals surface area contributed by atoms with Crippen LogP contribution in [-0.2, 0) is 4.79 Å². The fourth-order valence-electron chi connectivity index (χ4n) is 1.22. The summed E-state index contributed by atoms with van der Waals surface area (Å²) in [6.07, 6.45) is 0. The van der Waals surface area contributed by atoms with Gasteiger partial charge in [-0.05, 0) is 6.07 Å². The van der Waals surface area contributed by atoms with Crippen molar-refractivity contribution in [2.45, 2.75) is 5.78 Å². The Kier molecular flexibility index (Phi) is 4.64. The summed E-state index contributed by atoms with van der Waals surface area (Å²) in [6.45, 7) is -0.418. The molecule has 5 N–H and O–H groups in total. The maximum atomic E-state index is 10.4. The van der Waals surface area contributed by atoms with Crippen molar-refractivity contribution in [1.29, 1.82) is 0 Å². The van der Waals surface area contributed by atoms with Gasteiger partial charge in [0.25, 0.3) is 0 Å². The van der Waals surface area contributed by atoms with E-state index in [9.17, 15) is 9.90 Å². The first-order chi connectivity index (χ1) is 7.52. The molecule has 0 aliphatic carbocycles. The lowest BCUT2D eigenvalue weighted by molar-refractivity contribution is -0.136. The Hall–Kier alpha value is -1.20. The smallest absolute Gasteiger partial charge is 0.317 e. The van der Waals surface area contributed by atoms with Gasteiger partial charge in [-0.25, -0.2) is 0 Å². The molecule has 0 radical (unpaired) electrons. The third kappa shape index (κ3) is 3.43. The highest BCUT2D eigenvalue weighted by molar-refractivity contribution is 7.45. The summed E-state index contributed by atoms with van der Waals surface area (Å²) in [6, 6.07) is 6.09. The first kappa shape index (κ1) is 12.9. The van der Waals surface area contributed by atoms with Crippen molar-refractivity contribution in [2.75, 3.05) is 6.54 Å². The van der Waals surface area contributed by atoms with Crippen LogP contribution in [0.5, 0.6) is 5.75 Å². The minimum absolute atomic E-state index is 0.110. The van der Waals surface area contributed by atoms with Gasteiger partial charge in [-0.2, -0.15) is 0 Å². The maximum absolute atomic E-state index is 10.4. The van der Waals surface area contributed by atoms with Gasteiger partial charge in [0.05, 0.1) is 6.54 Å². The third-order valence-corrected chi connectivity index (χ3v) is 2.83. The lowest BCUT2D eigenvalue weighted by Crippen LogP contribution is -2.26. The molecule has 88 valence electrons. The minimum Gasteiger partial charge on any atom is -0.508 e. The molecule has 6 nitrogen and oxygen atoms in total. The number of hydrogen-bond acceptors (Lipinski definition) is 5. The number of aliphatic carboxylic acids is 1. The molecule has 1 unspecified atom stereocenters. The van der Waals surface area contributed by atoms with Gasteiger partial charge < -0.3 is 20.0 Å². The largest absolute Gasteiger partial charge is 0.508 e. The number of para-hydroxylation sites is 1. The summed E-state index contributed by atoms with van der Waals surface area (Å²) >= 11 is 0. The van der Waals surface area contributed by atoms with Crippen LogP contribution in [0.15, 0.2) is 24.3 Å². The molecule has 0 saturated heterocycles. The molecular weight excluding hydrogens is 233 g/mol. The van der Waals surface area contributed by atoms with Crippen LogP contribution in [0.4, 0.5) is 0 Å². The molecule has 1 rings (SSSR count). The molecule has 0 bridgehead atoms. The van der Waals surface area contributed by atoms with E-state index in [4.69, 9.17) is 14.9 Å². The number of nitrogens with one attached hydrogen (secondary N) is 1. The normalized spacial score (nSPS) is 12.7. The Bertz CT molecular complexity index is 371. The van der Waals surface area contributed by atoms with Crippen LogP contribution >= 0.6 is 8.38 Å². The summed E-state index contributed by atoms with van der Waals surface area (Å²) in [4.78, 5) is 28.7. The van der Waals surface area contributed by atoms with E-state index >= 15 is 0 Å². The number of aromatic hydroxyl groups is 1. The summed E-state index contributed by atoms with van der Waals surface area (Å²) in [5.41, 5.74) is 0.264. The summed E-state index contributed by atoms with van der Waals surface area (Å²) in [5.74, 6) is -2.20. The quantitative estimate of drug-likeness (QED) is 0.479. The number of rotatable bonds is 5. The Morgan fingerprint density at radius 2 is 2.00 bits per heavy atom. The Morgan fingerprint density at radius 3 is 2.50 bits per heavy atom. The topological polar surface area (TPSA) is 110 Å². The lowest BCUT2D eigenvalue weighted by atomic mass is 10.2. The van der Waals surface area contributed by atoms with E-state index in [0.717, 1.165) is 0 Å². The van der Waals surface area contributed by atoms with E-state index in [1.807, 2.05) is 0 Å². The number of phenolic OH excluding ortho intramolecular Hbond substituents is 1. The van der Waals surface area contributed by atoms with E-state index in [-0.39, 0.29) is 11.3 Å². The molecule has 1 aromatic carbocycles. The van der Waals surface area contributed by atoms with Crippen LogP contribution in [-0.4, -0.2) is 32.5 Å². The Labute approximate surface area is 93.1 Å². The number of carboxylic acids is 1. The van der Waals surface area contributed by atoms with Crippen molar-refractivity contribution in [2.24, 2.45) is 0 Å². The highest BCUT2D eigenvalue weighted by Gasteiger charge is 2.22. The molecule has 0 saturated carbocycles. The molecule has 0 aliphatic rings. The van der Waals surface area contributed by atoms with Gasteiger partial charge in [-0.3, -0.25) is 10.1 Å². The highest BCUT2D eigenvalue weighted by Crippen LogP contribution is 2.44. The average Bonchev–Trinajstić information content (AvgIpc) is 2.20. The van der Waals surface area contributed by atoms with Crippen LogP contribution in [0.25, 0.3) is 0 Å². The molecule has 0 amide bonds. The van der Waals surface area contributed by atoms with Crippen LogP contribution in [0, 0.1) is 0 Å². The van der Waals surface area contributed by atoms with Gasteiger partial charge >= 0.3 is 5.97 Å². The first-order valence-corrected chi connectivity index (χ1v) is 5.74. The second-order valence-corrected chi connectivity index (χ2v) is 4.21. The standard InChI is InChI=1S/C9H12NO5P/c11-7-4-2-1-3-6(7)9(16(14)15)10-5-8(12)13/h1-4,9-11,14-15H,5H2,(H,12,13). The summed E-state index contributed by atoms with van der Waals surface area (Å²) in [5, 5.41) is 20.4. The number of phenols is 1. The number of benzene rings is 1. The second-order valence-electron chi connectivity index (χ2n) is 3.06. The fourth-order valence-corrected chi connectivity index (χ4v) is 1.94. The van der Waals surface area contributed by atoms with Gasteiger partial charge in [0.15, 0.2) is 8.38 Å². The van der Waals surface area contributed by atoms with Crippen molar-refractivity contribution < 1.29 is 24.8 Å². The summed E-state index contributed by atoms with van der Waals surface area (Å²) in [7, 11) is -2.42. The van der Waals surface area contributed by atoms with Crippen LogP contribution in [0.1, 0.15) is 11.3 Å². The highest BCUT2D eigenvalue weighted by atomic mass is 31.2. The second kappa shape index (κ2) is 5.77. The monoisotopic (exact) mass is 245 g/mol. The average molecular weight is 245 g/mol. The minimum atomic E-state index is -2.42. The molecule has 0 aromatic heterocycles. The van der Waals surface area contributed by atoms with Gasteiger partial charge in [-0.1, -0.05) is 18.2 Å². The number of carboxylic acid groups (broad SMARTS) is 1. The Morgan fingerprint density at radius 1 is 1.38 bits per heavy atom. The van der Waals surface area contributed by atoms with Crippen molar-refractivity contribution in [1.82, 2.24) is 5.32 Å². The molecule has 0 heterocycles. The van der Waals surface area contributed by atoms with Crippen molar-refractivity contribution in [3.8, 4) is 5.75 Å². The zero-order valence-electron chi connectivity index (χ0n) is 8.24. The molecule has 0 aliphatic heterocycles. The fraction of sp³-hybridized carbons (Fsp3) is 0.222. The molecule has 16 heavy (non-hydrogen) atoms. The van der Waals surface area contributed by atoms with E-state index < -0.39 is 26.7 Å². The molecule has 0 fully saturated rings. The first-order valence-electron chi connectivity index (χ1n) is 4.42. The number of carbonyl (C=O) groups is 1. The number of hydrogen-bond donors (Lipinski definition) is 5. The van der Waals surface area contributed by atoms with E-state index in [1.54, 1.807) is 12.1 Å². The lowest BCUT2D eigenvalue weighted by Gasteiger charge is -2.19. The molecule has 1 atom stereocenters. The van der Waals surface area contributed by atoms with Crippen molar-refractivity contribution in [3.05, 3.63) is 29.8 Å². The van der Waals surface area contributed by atoms with E-state index in [0.29, 0.717) is 0 Å². The van der Waals surface area contributed by atoms with Crippen molar-refractivity contribution >= 4 is 14.3 Å². The van der Waals surface area contributed by atoms with Crippen LogP contribution in [0.3, 0.4) is 0 Å². The zero-order valence-corrected chi connectivity index (χ0v) is 9.13. The SMILES string of the molecule is O=C(O)CNC(c1ccccc1O)P(O)O. The van der Waals surface area contributed by atoms with Gasteiger partial charge in [-0.15, -0.1) is 0 Å². The molecular formula is C9H12NO5P. The van der Waals surface area contributed by atoms with E-state index in [1.165, 1.54) is 12.1 Å². The third-order valence-electron chi connectivity index (χ3n) is 1.91. The Balaban J connectivity index is 2.85. The molecule has 1 aromatic rings. The van der Waals surface area contributed by atoms with E-state index in [2.05, 4.69) is 5.32 Å². The van der Waals surface area contributed by atoms with Gasteiger partial charge in [0.2, 0.25) is 0 Å². The van der Waals surface area contributed by atoms with Gasteiger partial charge in [0.1, 0.15) is 11.5 Å². The van der Waals surface area contributed by atoms with Crippen LogP contribution in [0.2, 0.25) is 0 Å². The maximum Gasteiger partial charge on any atom is 0.317 e. The zero-order chi connectivity index (χ0) is 12.1. The van der Waals surface area contributed by atoms with Crippen LogP contribution < -0.4 is 5.32 Å². The summed E-state index contributed by atoms with van der Waals surface area (Å²) < 4.78 is 0. The predicted octanol–water partition coefficient (Wildman–Crippen LogP) is 0.361. The molecule has 0 spiro atoms. The van der Waals surface area contributed by atoms with Crippen molar-refractivity contribution in [3.63, 3.8) is 0 Å². The van der Waals surface area contributed by atoms with Gasteiger partial charge in [0, 0.05) is 5.56 Å². The predicted molar refractivity (Wildman–Crippen MR) is 57.8 cm³/mol.